The minimum Gasteiger partial charge on any atom is -0.496 e. The van der Waals surface area contributed by atoms with Crippen molar-refractivity contribution >= 4 is 39.3 Å². The molecule has 22 heavy (non-hydrogen) atoms. The summed E-state index contributed by atoms with van der Waals surface area (Å²) in [5.41, 5.74) is 0.891. The Morgan fingerprint density at radius 1 is 1.27 bits per heavy atom. The van der Waals surface area contributed by atoms with E-state index in [0.29, 0.717) is 11.5 Å². The van der Waals surface area contributed by atoms with Crippen LogP contribution in [0.25, 0.3) is 16.2 Å². The van der Waals surface area contributed by atoms with Gasteiger partial charge in [0, 0.05) is 16.7 Å². The van der Waals surface area contributed by atoms with Crippen LogP contribution < -0.4 is 4.74 Å². The van der Waals surface area contributed by atoms with Crippen LogP contribution in [-0.2, 0) is 9.53 Å². The quantitative estimate of drug-likeness (QED) is 0.570. The Kier molecular flexibility index (Phi) is 5.33. The molecule has 0 bridgehead atoms. The van der Waals surface area contributed by atoms with Gasteiger partial charge in [0.25, 0.3) is 0 Å². The van der Waals surface area contributed by atoms with Crippen LogP contribution in [0.2, 0.25) is 0 Å². The fourth-order valence-corrected chi connectivity index (χ4v) is 3.19. The van der Waals surface area contributed by atoms with Gasteiger partial charge < -0.3 is 9.47 Å². The zero-order valence-electron chi connectivity index (χ0n) is 12.7. The first-order valence-corrected chi connectivity index (χ1v) is 7.83. The first-order chi connectivity index (χ1) is 10.6. The maximum atomic E-state index is 12.2. The second-order valence-electron chi connectivity index (χ2n) is 4.67. The summed E-state index contributed by atoms with van der Waals surface area (Å²) in [4.78, 5) is 24.1. The molecule has 0 aliphatic rings. The summed E-state index contributed by atoms with van der Waals surface area (Å²) in [5.74, 6) is 0.340. The van der Waals surface area contributed by atoms with E-state index >= 15 is 0 Å². The molecule has 0 spiro atoms. The van der Waals surface area contributed by atoms with Gasteiger partial charge in [-0.1, -0.05) is 12.7 Å². The Morgan fingerprint density at radius 2 is 2.05 bits per heavy atom. The summed E-state index contributed by atoms with van der Waals surface area (Å²) in [6.45, 7) is 5.84. The molecule has 0 saturated heterocycles. The number of rotatable bonds is 7. The topological polar surface area (TPSA) is 52.6 Å². The third-order valence-corrected chi connectivity index (χ3v) is 4.36. The van der Waals surface area contributed by atoms with E-state index in [1.807, 2.05) is 18.2 Å². The van der Waals surface area contributed by atoms with Crippen molar-refractivity contribution in [3.05, 3.63) is 35.2 Å². The summed E-state index contributed by atoms with van der Waals surface area (Å²) in [7, 11) is 1.60. The predicted molar refractivity (Wildman–Crippen MR) is 88.7 cm³/mol. The molecule has 4 nitrogen and oxygen atoms in total. The average molecular weight is 318 g/mol. The zero-order chi connectivity index (χ0) is 16.1. The van der Waals surface area contributed by atoms with E-state index in [1.54, 1.807) is 20.1 Å². The van der Waals surface area contributed by atoms with Crippen molar-refractivity contribution < 1.29 is 19.1 Å². The second-order valence-corrected chi connectivity index (χ2v) is 5.76. The van der Waals surface area contributed by atoms with Gasteiger partial charge >= 0.3 is 5.97 Å². The van der Waals surface area contributed by atoms with E-state index in [2.05, 4.69) is 6.58 Å². The van der Waals surface area contributed by atoms with Crippen molar-refractivity contribution in [3.8, 4) is 5.75 Å². The molecule has 1 aromatic heterocycles. The highest BCUT2D eigenvalue weighted by molar-refractivity contribution is 7.20. The van der Waals surface area contributed by atoms with E-state index in [0.717, 1.165) is 21.4 Å². The van der Waals surface area contributed by atoms with E-state index in [4.69, 9.17) is 9.47 Å². The standard InChI is InChI=1S/C17H18O4S/c1-4-11-9-15-12(8-14(11)20-3)10-16(22-15)13(18)6-7-17(19)21-5-2/h4,8-10H,1,5-7H2,2-3H3. The molecule has 0 N–H and O–H groups in total. The van der Waals surface area contributed by atoms with Crippen LogP contribution in [0.3, 0.4) is 0 Å². The number of benzene rings is 1. The van der Waals surface area contributed by atoms with Gasteiger partial charge in [0.05, 0.1) is 25.0 Å². The molecule has 0 unspecified atom stereocenters. The molecule has 0 radical (unpaired) electrons. The van der Waals surface area contributed by atoms with Crippen LogP contribution in [0, 0.1) is 0 Å². The van der Waals surface area contributed by atoms with Crippen LogP contribution in [-0.4, -0.2) is 25.5 Å². The Bertz CT molecular complexity index is 715. The maximum Gasteiger partial charge on any atom is 0.306 e. The van der Waals surface area contributed by atoms with Crippen molar-refractivity contribution in [1.82, 2.24) is 0 Å². The van der Waals surface area contributed by atoms with E-state index in [1.165, 1.54) is 11.3 Å². The molecular weight excluding hydrogens is 300 g/mol. The van der Waals surface area contributed by atoms with Gasteiger partial charge in [-0.3, -0.25) is 9.59 Å². The first kappa shape index (κ1) is 16.2. The number of methoxy groups -OCH3 is 1. The molecular formula is C17H18O4S. The molecule has 0 atom stereocenters. The highest BCUT2D eigenvalue weighted by Gasteiger charge is 2.14. The second kappa shape index (κ2) is 7.22. The Morgan fingerprint density at radius 3 is 2.68 bits per heavy atom. The summed E-state index contributed by atoms with van der Waals surface area (Å²) in [6.07, 6.45) is 2.00. The van der Waals surface area contributed by atoms with Crippen molar-refractivity contribution in [2.24, 2.45) is 0 Å². The molecule has 0 aliphatic heterocycles. The van der Waals surface area contributed by atoms with Crippen LogP contribution in [0.15, 0.2) is 24.8 Å². The van der Waals surface area contributed by atoms with Crippen molar-refractivity contribution in [1.29, 1.82) is 0 Å². The number of Topliss-reactive ketones (excluding diaryl/α,β-unsaturated/α-hetero) is 1. The normalized spacial score (nSPS) is 10.5. The predicted octanol–water partition coefficient (Wildman–Crippen LogP) is 4.08. The number of ketones is 1. The number of thiophene rings is 1. The lowest BCUT2D eigenvalue weighted by molar-refractivity contribution is -0.143. The van der Waals surface area contributed by atoms with Gasteiger partial charge in [0.1, 0.15) is 5.75 Å². The summed E-state index contributed by atoms with van der Waals surface area (Å²) < 4.78 is 11.1. The number of hydrogen-bond acceptors (Lipinski definition) is 5. The molecule has 2 aromatic rings. The summed E-state index contributed by atoms with van der Waals surface area (Å²) in [5, 5.41) is 0.951. The number of carbonyl (C=O) groups excluding carboxylic acids is 2. The lowest BCUT2D eigenvalue weighted by atomic mass is 10.1. The minimum atomic E-state index is -0.340. The lowest BCUT2D eigenvalue weighted by Crippen LogP contribution is -2.07. The molecule has 0 aliphatic carbocycles. The van der Waals surface area contributed by atoms with Gasteiger partial charge in [-0.15, -0.1) is 11.3 Å². The van der Waals surface area contributed by atoms with Crippen LogP contribution in [0.5, 0.6) is 5.75 Å². The average Bonchev–Trinajstić information content (AvgIpc) is 2.94. The molecule has 1 heterocycles. The minimum absolute atomic E-state index is 0.0478. The van der Waals surface area contributed by atoms with Crippen molar-refractivity contribution in [2.45, 2.75) is 19.8 Å². The van der Waals surface area contributed by atoms with E-state index in [9.17, 15) is 9.59 Å². The Balaban J connectivity index is 2.20. The fraction of sp³-hybridized carbons (Fsp3) is 0.294. The molecule has 1 aromatic carbocycles. The van der Waals surface area contributed by atoms with Crippen LogP contribution >= 0.6 is 11.3 Å². The van der Waals surface area contributed by atoms with Gasteiger partial charge in [-0.2, -0.15) is 0 Å². The smallest absolute Gasteiger partial charge is 0.306 e. The third-order valence-electron chi connectivity index (χ3n) is 3.22. The zero-order valence-corrected chi connectivity index (χ0v) is 13.5. The van der Waals surface area contributed by atoms with Crippen molar-refractivity contribution in [3.63, 3.8) is 0 Å². The first-order valence-electron chi connectivity index (χ1n) is 7.01. The SMILES string of the molecule is C=Cc1cc2sc(C(=O)CCC(=O)OCC)cc2cc1OC. The molecule has 2 rings (SSSR count). The summed E-state index contributed by atoms with van der Waals surface area (Å²) >= 11 is 1.41. The van der Waals surface area contributed by atoms with Gasteiger partial charge in [-0.05, 0) is 30.5 Å². The number of ether oxygens (including phenoxy) is 2. The monoisotopic (exact) mass is 318 g/mol. The third kappa shape index (κ3) is 3.54. The highest BCUT2D eigenvalue weighted by atomic mass is 32.1. The molecule has 116 valence electrons. The number of hydrogen-bond donors (Lipinski definition) is 0. The highest BCUT2D eigenvalue weighted by Crippen LogP contribution is 2.33. The van der Waals surface area contributed by atoms with Gasteiger partial charge in [0.2, 0.25) is 0 Å². The Hall–Kier alpha value is -2.14. The Labute approximate surface area is 133 Å². The summed E-state index contributed by atoms with van der Waals surface area (Å²) in [6, 6.07) is 5.68. The fourth-order valence-electron chi connectivity index (χ4n) is 2.13. The van der Waals surface area contributed by atoms with Crippen LogP contribution in [0.4, 0.5) is 0 Å². The molecule has 0 saturated carbocycles. The number of fused-ring (bicyclic) bond motifs is 1. The molecule has 0 amide bonds. The maximum absolute atomic E-state index is 12.2. The largest absolute Gasteiger partial charge is 0.496 e. The molecule has 0 fully saturated rings. The van der Waals surface area contributed by atoms with Gasteiger partial charge in [-0.25, -0.2) is 0 Å². The van der Waals surface area contributed by atoms with Crippen LogP contribution in [0.1, 0.15) is 35.0 Å². The van der Waals surface area contributed by atoms with Gasteiger partial charge in [0.15, 0.2) is 5.78 Å². The number of esters is 1. The van der Waals surface area contributed by atoms with Crippen molar-refractivity contribution in [2.75, 3.05) is 13.7 Å². The van der Waals surface area contributed by atoms with E-state index in [-0.39, 0.29) is 24.6 Å². The number of carbonyl (C=O) groups is 2. The molecule has 5 heteroatoms. The lowest BCUT2D eigenvalue weighted by Gasteiger charge is -2.04. The van der Waals surface area contributed by atoms with E-state index < -0.39 is 0 Å².